The summed E-state index contributed by atoms with van der Waals surface area (Å²) in [6.45, 7) is 4.66. The lowest BCUT2D eigenvalue weighted by Crippen LogP contribution is -2.79. The van der Waals surface area contributed by atoms with Crippen molar-refractivity contribution in [2.45, 2.75) is 75.3 Å². The number of likely N-dealkylation sites (tertiary alicyclic amines) is 1. The molecule has 4 aliphatic carbocycles. The number of nitrogens with zero attached hydrogens (tertiary/aromatic N) is 4. The Morgan fingerprint density at radius 3 is 2.48 bits per heavy atom. The topological polar surface area (TPSA) is 60.0 Å². The number of anilines is 1. The van der Waals surface area contributed by atoms with E-state index in [2.05, 4.69) is 26.7 Å². The van der Waals surface area contributed by atoms with Gasteiger partial charge in [0.15, 0.2) is 0 Å². The first-order valence-electron chi connectivity index (χ1n) is 10.7. The molecular formula is C22H29N5. The van der Waals surface area contributed by atoms with E-state index in [4.69, 9.17) is 10.7 Å². The number of hydrogen-bond acceptors (Lipinski definition) is 4. The van der Waals surface area contributed by atoms with Crippen molar-refractivity contribution in [2.75, 3.05) is 18.8 Å². The molecule has 5 nitrogen and oxygen atoms in total. The predicted octanol–water partition coefficient (Wildman–Crippen LogP) is 3.83. The molecule has 142 valence electrons. The molecule has 1 saturated heterocycles. The lowest BCUT2D eigenvalue weighted by Gasteiger charge is -2.74. The second-order valence-electron chi connectivity index (χ2n) is 9.58. The van der Waals surface area contributed by atoms with Crippen LogP contribution in [-0.4, -0.2) is 38.1 Å². The number of nitrogens with two attached hydrogens (primary N) is 1. The smallest absolute Gasteiger partial charge is 0.126 e. The van der Waals surface area contributed by atoms with Crippen LogP contribution in [-0.2, 0) is 5.54 Å². The predicted molar refractivity (Wildman–Crippen MR) is 107 cm³/mol. The van der Waals surface area contributed by atoms with Gasteiger partial charge in [-0.1, -0.05) is 6.42 Å². The highest BCUT2D eigenvalue weighted by Gasteiger charge is 2.71. The molecule has 0 amide bonds. The number of imidazole rings is 1. The summed E-state index contributed by atoms with van der Waals surface area (Å²) in [6.07, 6.45) is 15.0. The van der Waals surface area contributed by atoms with Gasteiger partial charge >= 0.3 is 0 Å². The van der Waals surface area contributed by atoms with Crippen LogP contribution >= 0.6 is 0 Å². The number of aryl methyl sites for hydroxylation is 1. The van der Waals surface area contributed by atoms with Gasteiger partial charge in [-0.2, -0.15) is 0 Å². The molecule has 4 saturated carbocycles. The van der Waals surface area contributed by atoms with E-state index >= 15 is 0 Å². The van der Waals surface area contributed by atoms with Crippen LogP contribution in [0.5, 0.6) is 0 Å². The Hall–Kier alpha value is -1.88. The molecule has 0 aromatic carbocycles. The van der Waals surface area contributed by atoms with Crippen LogP contribution in [0.2, 0.25) is 0 Å². The lowest BCUT2D eigenvalue weighted by atomic mass is 9.43. The maximum Gasteiger partial charge on any atom is 0.126 e. The van der Waals surface area contributed by atoms with E-state index in [1.54, 1.807) is 0 Å². The summed E-state index contributed by atoms with van der Waals surface area (Å²) in [5.74, 6) is 2.61. The Bertz CT molecular complexity index is 884. The van der Waals surface area contributed by atoms with Crippen LogP contribution in [0.25, 0.3) is 11.3 Å². The number of aromatic nitrogens is 3. The summed E-state index contributed by atoms with van der Waals surface area (Å²) < 4.78 is 2.58. The standard InChI is InChI=1S/C22H29N5/c1-15-9-17(10-24-19(15)23)18-11-27(20(25-18)16-5-6-16)22-12-21(13-22,14-22)26-7-3-2-4-8-26/h9-11,16H,2-8,12-14H2,1H3,(H2,23,24). The molecule has 0 unspecified atom stereocenters. The minimum atomic E-state index is 0.344. The van der Waals surface area contributed by atoms with Crippen LogP contribution in [0.1, 0.15) is 68.7 Å². The zero-order valence-corrected chi connectivity index (χ0v) is 16.2. The molecule has 2 aromatic heterocycles. The zero-order chi connectivity index (χ0) is 18.2. The Morgan fingerprint density at radius 2 is 1.81 bits per heavy atom. The van der Waals surface area contributed by atoms with Crippen molar-refractivity contribution < 1.29 is 0 Å². The van der Waals surface area contributed by atoms with Crippen molar-refractivity contribution in [1.82, 2.24) is 19.4 Å². The molecule has 5 aliphatic rings. The number of pyridine rings is 1. The van der Waals surface area contributed by atoms with Gasteiger partial charge < -0.3 is 10.3 Å². The monoisotopic (exact) mass is 363 g/mol. The molecule has 1 aliphatic heterocycles. The van der Waals surface area contributed by atoms with Crippen molar-refractivity contribution in [3.05, 3.63) is 29.8 Å². The van der Waals surface area contributed by atoms with Gasteiger partial charge in [0, 0.05) is 29.4 Å². The molecule has 5 fully saturated rings. The van der Waals surface area contributed by atoms with Crippen molar-refractivity contribution in [3.63, 3.8) is 0 Å². The van der Waals surface area contributed by atoms with E-state index < -0.39 is 0 Å². The molecule has 0 radical (unpaired) electrons. The summed E-state index contributed by atoms with van der Waals surface area (Å²) >= 11 is 0. The van der Waals surface area contributed by atoms with Gasteiger partial charge in [0.1, 0.15) is 11.6 Å². The third-order valence-electron chi connectivity index (χ3n) is 7.60. The van der Waals surface area contributed by atoms with Crippen molar-refractivity contribution in [1.29, 1.82) is 0 Å². The Kier molecular flexibility index (Phi) is 3.19. The molecule has 2 bridgehead atoms. The third kappa shape index (κ3) is 2.27. The van der Waals surface area contributed by atoms with Gasteiger partial charge in [-0.15, -0.1) is 0 Å². The van der Waals surface area contributed by atoms with Gasteiger partial charge in [-0.25, -0.2) is 9.97 Å². The minimum absolute atomic E-state index is 0.344. The van der Waals surface area contributed by atoms with Crippen molar-refractivity contribution in [3.8, 4) is 11.3 Å². The summed E-state index contributed by atoms with van der Waals surface area (Å²) in [6, 6.07) is 2.13. The average Bonchev–Trinajstić information content (AvgIpc) is 3.36. The quantitative estimate of drug-likeness (QED) is 0.897. The first-order chi connectivity index (χ1) is 13.1. The molecule has 0 spiro atoms. The van der Waals surface area contributed by atoms with E-state index in [9.17, 15) is 0 Å². The first kappa shape index (κ1) is 16.1. The molecule has 7 rings (SSSR count). The summed E-state index contributed by atoms with van der Waals surface area (Å²) in [4.78, 5) is 12.3. The second-order valence-corrected chi connectivity index (χ2v) is 9.58. The highest BCUT2D eigenvalue weighted by Crippen LogP contribution is 2.69. The Labute approximate surface area is 161 Å². The van der Waals surface area contributed by atoms with Gasteiger partial charge in [0.25, 0.3) is 0 Å². The normalized spacial score (nSPS) is 32.8. The lowest BCUT2D eigenvalue weighted by molar-refractivity contribution is -0.211. The highest BCUT2D eigenvalue weighted by molar-refractivity contribution is 5.61. The number of nitrogen functional groups attached to an aromatic ring is 1. The zero-order valence-electron chi connectivity index (χ0n) is 16.2. The molecule has 2 aromatic rings. The molecule has 3 heterocycles. The van der Waals surface area contributed by atoms with Crippen LogP contribution in [0.4, 0.5) is 5.82 Å². The average molecular weight is 364 g/mol. The molecule has 2 N–H and O–H groups in total. The maximum atomic E-state index is 5.91. The largest absolute Gasteiger partial charge is 0.383 e. The van der Waals surface area contributed by atoms with E-state index in [1.165, 1.54) is 70.3 Å². The first-order valence-corrected chi connectivity index (χ1v) is 10.7. The number of piperidine rings is 1. The van der Waals surface area contributed by atoms with E-state index in [1.807, 2.05) is 13.1 Å². The van der Waals surface area contributed by atoms with E-state index in [-0.39, 0.29) is 0 Å². The molecule has 5 heteroatoms. The van der Waals surface area contributed by atoms with Gasteiger partial charge in [-0.3, -0.25) is 4.90 Å². The minimum Gasteiger partial charge on any atom is -0.383 e. The molecular weight excluding hydrogens is 334 g/mol. The van der Waals surface area contributed by atoms with Crippen LogP contribution < -0.4 is 5.73 Å². The number of hydrogen-bond donors (Lipinski definition) is 1. The van der Waals surface area contributed by atoms with Crippen LogP contribution in [0.3, 0.4) is 0 Å². The fraction of sp³-hybridized carbons (Fsp3) is 0.636. The summed E-state index contributed by atoms with van der Waals surface area (Å²) in [5, 5.41) is 0. The van der Waals surface area contributed by atoms with Crippen molar-refractivity contribution >= 4 is 5.82 Å². The summed E-state index contributed by atoms with van der Waals surface area (Å²) in [7, 11) is 0. The van der Waals surface area contributed by atoms with Crippen molar-refractivity contribution in [2.24, 2.45) is 0 Å². The van der Waals surface area contributed by atoms with Gasteiger partial charge in [-0.05, 0) is 76.6 Å². The van der Waals surface area contributed by atoms with Gasteiger partial charge in [0.2, 0.25) is 0 Å². The maximum absolute atomic E-state index is 5.91. The Morgan fingerprint density at radius 1 is 1.07 bits per heavy atom. The van der Waals surface area contributed by atoms with Crippen LogP contribution in [0.15, 0.2) is 18.5 Å². The third-order valence-corrected chi connectivity index (χ3v) is 7.60. The fourth-order valence-corrected chi connectivity index (χ4v) is 5.91. The highest BCUT2D eigenvalue weighted by atomic mass is 15.3. The SMILES string of the molecule is Cc1cc(-c2cn(C34CC(N5CCCCC5)(C3)C4)c(C3CC3)n2)cnc1N. The van der Waals surface area contributed by atoms with Gasteiger partial charge in [0.05, 0.1) is 11.2 Å². The molecule has 27 heavy (non-hydrogen) atoms. The van der Waals surface area contributed by atoms with Crippen LogP contribution in [0, 0.1) is 6.92 Å². The Balaban J connectivity index is 1.31. The molecule has 0 atom stereocenters. The number of rotatable bonds is 4. The summed E-state index contributed by atoms with van der Waals surface area (Å²) in [5.41, 5.74) is 9.98. The van der Waals surface area contributed by atoms with E-state index in [0.29, 0.717) is 22.8 Å². The van der Waals surface area contributed by atoms with E-state index in [0.717, 1.165) is 16.8 Å². The fourth-order valence-electron chi connectivity index (χ4n) is 5.91. The second kappa shape index (κ2) is 5.34.